The van der Waals surface area contributed by atoms with Crippen LogP contribution in [0, 0.1) is 6.92 Å². The first kappa shape index (κ1) is 28.2. The third-order valence-corrected chi connectivity index (χ3v) is 7.50. The fraction of sp³-hybridized carbons (Fsp3) is 0.419. The summed E-state index contributed by atoms with van der Waals surface area (Å²) in [6, 6.07) is 13.1. The Labute approximate surface area is 238 Å². The highest BCUT2D eigenvalue weighted by Gasteiger charge is 2.29. The summed E-state index contributed by atoms with van der Waals surface area (Å²) in [7, 11) is 3.04. The Morgan fingerprint density at radius 3 is 2.61 bits per heavy atom. The molecule has 1 atom stereocenters. The lowest BCUT2D eigenvalue weighted by Crippen LogP contribution is -2.49. The van der Waals surface area contributed by atoms with E-state index < -0.39 is 17.7 Å². The second-order valence-electron chi connectivity index (χ2n) is 11.6. The minimum atomic E-state index is -0.588. The first-order valence-electron chi connectivity index (χ1n) is 13.9. The van der Waals surface area contributed by atoms with Crippen LogP contribution in [0.4, 0.5) is 10.7 Å². The molecule has 10 nitrogen and oxygen atoms in total. The molecule has 4 aromatic rings. The van der Waals surface area contributed by atoms with Crippen molar-refractivity contribution >= 4 is 39.9 Å². The standard InChI is InChI=1S/C31H37N5O5/c1-19-10-7-8-11-21(19)17-36-26-25(23-14-13-20(28(38)40-6)16-24(23)34(5)27(26)37)33-29(36)35-15-9-12-22(18-35)32-30(39)41-31(2,3)4/h7-8,10-11,13-14,16,22H,9,12,15,17-18H2,1-6H3,(H,32,39)/t22-/m1/s1. The summed E-state index contributed by atoms with van der Waals surface area (Å²) in [6.45, 7) is 9.29. The number of amides is 1. The minimum absolute atomic E-state index is 0.132. The Hall–Kier alpha value is -4.34. The summed E-state index contributed by atoms with van der Waals surface area (Å²) in [5.74, 6) is 0.197. The number of ether oxygens (including phenoxy) is 2. The number of carbonyl (C=O) groups excluding carboxylic acids is 2. The van der Waals surface area contributed by atoms with Crippen molar-refractivity contribution in [1.82, 2.24) is 19.4 Å². The number of pyridine rings is 1. The zero-order valence-corrected chi connectivity index (χ0v) is 24.5. The number of alkyl carbamates (subject to hydrolysis) is 1. The van der Waals surface area contributed by atoms with Crippen molar-refractivity contribution in [2.24, 2.45) is 7.05 Å². The fourth-order valence-electron chi connectivity index (χ4n) is 5.47. The SMILES string of the molecule is COC(=O)c1ccc2c3nc(N4CCC[C@@H](NC(=O)OC(C)(C)C)C4)n(Cc4ccccc4C)c3c(=O)n(C)c2c1. The van der Waals surface area contributed by atoms with E-state index in [4.69, 9.17) is 14.5 Å². The molecule has 2 aromatic heterocycles. The van der Waals surface area contributed by atoms with Crippen molar-refractivity contribution in [2.45, 2.75) is 58.7 Å². The molecule has 0 aliphatic carbocycles. The summed E-state index contributed by atoms with van der Waals surface area (Å²) in [6.07, 6.45) is 1.21. The molecule has 10 heteroatoms. The van der Waals surface area contributed by atoms with Crippen molar-refractivity contribution in [3.8, 4) is 0 Å². The topological polar surface area (TPSA) is 108 Å². The number of benzene rings is 2. The quantitative estimate of drug-likeness (QED) is 0.358. The number of aryl methyl sites for hydroxylation is 2. The Bertz CT molecular complexity index is 1700. The van der Waals surface area contributed by atoms with Gasteiger partial charge in [-0.15, -0.1) is 0 Å². The van der Waals surface area contributed by atoms with Crippen LogP contribution in [-0.2, 0) is 23.1 Å². The van der Waals surface area contributed by atoms with Gasteiger partial charge in [0.1, 0.15) is 16.6 Å². The van der Waals surface area contributed by atoms with Gasteiger partial charge < -0.3 is 28.8 Å². The average molecular weight is 560 g/mol. The highest BCUT2D eigenvalue weighted by atomic mass is 16.6. The molecule has 5 rings (SSSR count). The van der Waals surface area contributed by atoms with E-state index in [0.29, 0.717) is 41.2 Å². The number of hydrogen-bond acceptors (Lipinski definition) is 7. The van der Waals surface area contributed by atoms with Crippen LogP contribution in [0.15, 0.2) is 47.3 Å². The predicted octanol–water partition coefficient (Wildman–Crippen LogP) is 4.53. The molecule has 0 radical (unpaired) electrons. The van der Waals surface area contributed by atoms with E-state index in [2.05, 4.69) is 29.3 Å². The van der Waals surface area contributed by atoms with Gasteiger partial charge in [0.15, 0.2) is 0 Å². The lowest BCUT2D eigenvalue weighted by atomic mass is 10.1. The van der Waals surface area contributed by atoms with Crippen LogP contribution < -0.4 is 15.8 Å². The number of fused-ring (bicyclic) bond motifs is 3. The predicted molar refractivity (Wildman–Crippen MR) is 159 cm³/mol. The van der Waals surface area contributed by atoms with E-state index in [0.717, 1.165) is 35.9 Å². The van der Waals surface area contributed by atoms with E-state index >= 15 is 0 Å². The molecule has 0 saturated carbocycles. The third kappa shape index (κ3) is 5.64. The highest BCUT2D eigenvalue weighted by Crippen LogP contribution is 2.30. The van der Waals surface area contributed by atoms with Gasteiger partial charge in [-0.1, -0.05) is 24.3 Å². The number of nitrogens with zero attached hydrogens (tertiary/aromatic N) is 4. The zero-order valence-electron chi connectivity index (χ0n) is 24.5. The summed E-state index contributed by atoms with van der Waals surface area (Å²) in [5.41, 5.74) is 3.43. The second kappa shape index (κ2) is 10.9. The number of carbonyl (C=O) groups is 2. The van der Waals surface area contributed by atoms with Crippen LogP contribution in [0.1, 0.15) is 55.1 Å². The Morgan fingerprint density at radius 1 is 1.15 bits per heavy atom. The van der Waals surface area contributed by atoms with E-state index in [1.165, 1.54) is 7.11 Å². The number of piperidine rings is 1. The molecule has 2 aromatic carbocycles. The van der Waals surface area contributed by atoms with Crippen LogP contribution >= 0.6 is 0 Å². The highest BCUT2D eigenvalue weighted by molar-refractivity contribution is 6.05. The first-order chi connectivity index (χ1) is 19.5. The van der Waals surface area contributed by atoms with Gasteiger partial charge in [-0.25, -0.2) is 14.6 Å². The summed E-state index contributed by atoms with van der Waals surface area (Å²) < 4.78 is 13.9. The number of imidazole rings is 1. The number of rotatable bonds is 5. The van der Waals surface area contributed by atoms with Gasteiger partial charge >= 0.3 is 12.1 Å². The van der Waals surface area contributed by atoms with Gasteiger partial charge in [0, 0.05) is 31.6 Å². The number of aromatic nitrogens is 3. The molecule has 1 saturated heterocycles. The molecule has 41 heavy (non-hydrogen) atoms. The minimum Gasteiger partial charge on any atom is -0.465 e. The van der Waals surface area contributed by atoms with Crippen molar-refractivity contribution in [3.63, 3.8) is 0 Å². The first-order valence-corrected chi connectivity index (χ1v) is 13.9. The molecule has 0 spiro atoms. The molecule has 0 bridgehead atoms. The van der Waals surface area contributed by atoms with E-state index in [1.807, 2.05) is 43.5 Å². The summed E-state index contributed by atoms with van der Waals surface area (Å²) in [4.78, 5) is 45.9. The molecular formula is C31H37N5O5. The second-order valence-corrected chi connectivity index (χ2v) is 11.6. The molecule has 0 unspecified atom stereocenters. The van der Waals surface area contributed by atoms with Gasteiger partial charge in [0.05, 0.1) is 24.7 Å². The van der Waals surface area contributed by atoms with Gasteiger partial charge in [0.2, 0.25) is 5.95 Å². The van der Waals surface area contributed by atoms with Gasteiger partial charge in [-0.05, 0) is 69.9 Å². The molecular weight excluding hydrogens is 522 g/mol. The fourth-order valence-corrected chi connectivity index (χ4v) is 5.47. The number of nitrogens with one attached hydrogen (secondary N) is 1. The molecule has 1 fully saturated rings. The van der Waals surface area contributed by atoms with Crippen molar-refractivity contribution in [1.29, 1.82) is 0 Å². The van der Waals surface area contributed by atoms with E-state index in [9.17, 15) is 14.4 Å². The van der Waals surface area contributed by atoms with Gasteiger partial charge in [-0.3, -0.25) is 4.79 Å². The average Bonchev–Trinajstić information content (AvgIpc) is 3.30. The zero-order chi connectivity index (χ0) is 29.5. The Morgan fingerprint density at radius 2 is 1.90 bits per heavy atom. The van der Waals surface area contributed by atoms with Crippen LogP contribution in [0.25, 0.3) is 21.9 Å². The van der Waals surface area contributed by atoms with E-state index in [-0.39, 0.29) is 11.6 Å². The van der Waals surface area contributed by atoms with Crippen LogP contribution in [-0.4, -0.2) is 58.0 Å². The van der Waals surface area contributed by atoms with Gasteiger partial charge in [-0.2, -0.15) is 0 Å². The van der Waals surface area contributed by atoms with E-state index in [1.54, 1.807) is 23.7 Å². The lowest BCUT2D eigenvalue weighted by molar-refractivity contribution is 0.0498. The summed E-state index contributed by atoms with van der Waals surface area (Å²) in [5, 5.41) is 3.77. The smallest absolute Gasteiger partial charge is 0.407 e. The molecule has 216 valence electrons. The van der Waals surface area contributed by atoms with Crippen molar-refractivity contribution in [2.75, 3.05) is 25.1 Å². The van der Waals surface area contributed by atoms with Crippen molar-refractivity contribution < 1.29 is 19.1 Å². The largest absolute Gasteiger partial charge is 0.465 e. The Kier molecular flexibility index (Phi) is 7.50. The number of hydrogen-bond donors (Lipinski definition) is 1. The normalized spacial score (nSPS) is 15.8. The van der Waals surface area contributed by atoms with Crippen LogP contribution in [0.5, 0.6) is 0 Å². The van der Waals surface area contributed by atoms with Crippen LogP contribution in [0.3, 0.4) is 0 Å². The third-order valence-electron chi connectivity index (χ3n) is 7.50. The number of esters is 1. The maximum absolute atomic E-state index is 13.9. The summed E-state index contributed by atoms with van der Waals surface area (Å²) >= 11 is 0. The molecule has 1 aliphatic rings. The molecule has 1 amide bonds. The number of methoxy groups -OCH3 is 1. The van der Waals surface area contributed by atoms with Crippen LogP contribution in [0.2, 0.25) is 0 Å². The van der Waals surface area contributed by atoms with Crippen molar-refractivity contribution in [3.05, 3.63) is 69.5 Å². The maximum atomic E-state index is 13.9. The molecule has 1 N–H and O–H groups in total. The number of anilines is 1. The Balaban J connectivity index is 1.64. The maximum Gasteiger partial charge on any atom is 0.407 e. The molecule has 1 aliphatic heterocycles. The monoisotopic (exact) mass is 559 g/mol. The lowest BCUT2D eigenvalue weighted by Gasteiger charge is -2.34. The van der Waals surface area contributed by atoms with Gasteiger partial charge in [0.25, 0.3) is 5.56 Å². The molecule has 3 heterocycles.